The van der Waals surface area contributed by atoms with Crippen LogP contribution in [0.5, 0.6) is 0 Å². The molecular formula is C15H21BrO5. The molecule has 0 aromatic heterocycles. The van der Waals surface area contributed by atoms with Gasteiger partial charge in [0, 0.05) is 5.56 Å². The van der Waals surface area contributed by atoms with Crippen molar-refractivity contribution in [3.05, 3.63) is 35.9 Å². The van der Waals surface area contributed by atoms with Crippen LogP contribution in [0.1, 0.15) is 12.5 Å². The molecule has 0 spiro atoms. The Balaban J connectivity index is 0.000000159. The van der Waals surface area contributed by atoms with Crippen molar-refractivity contribution in [2.45, 2.75) is 29.7 Å². The number of hydrogen-bond acceptors (Lipinski definition) is 5. The van der Waals surface area contributed by atoms with Crippen LogP contribution in [0.15, 0.2) is 30.3 Å². The maximum absolute atomic E-state index is 9.57. The van der Waals surface area contributed by atoms with Crippen LogP contribution in [0.25, 0.3) is 0 Å². The van der Waals surface area contributed by atoms with Crippen LogP contribution in [0.3, 0.4) is 0 Å². The van der Waals surface area contributed by atoms with Crippen molar-refractivity contribution < 1.29 is 24.4 Å². The number of benzene rings is 1. The van der Waals surface area contributed by atoms with Crippen molar-refractivity contribution in [2.75, 3.05) is 26.4 Å². The molecule has 0 saturated carbocycles. The number of aliphatic hydroxyl groups is 2. The maximum atomic E-state index is 9.57. The van der Waals surface area contributed by atoms with Crippen LogP contribution in [0, 0.1) is 0 Å². The molecule has 0 amide bonds. The van der Waals surface area contributed by atoms with E-state index in [1.165, 1.54) is 0 Å². The molecule has 2 heterocycles. The number of rotatable bonds is 6. The molecule has 2 saturated heterocycles. The lowest BCUT2D eigenvalue weighted by atomic mass is 10.0. The topological polar surface area (TPSA) is 74.8 Å². The highest BCUT2D eigenvalue weighted by molar-refractivity contribution is 9.09. The molecule has 118 valence electrons. The maximum Gasteiger partial charge on any atom is 0.202 e. The average molecular weight is 361 g/mol. The van der Waals surface area contributed by atoms with E-state index >= 15 is 0 Å². The summed E-state index contributed by atoms with van der Waals surface area (Å²) in [6.07, 6.45) is 0.785. The summed E-state index contributed by atoms with van der Waals surface area (Å²) < 4.78 is 15.1. The van der Waals surface area contributed by atoms with E-state index in [-0.39, 0.29) is 0 Å². The Morgan fingerprint density at radius 2 is 1.67 bits per heavy atom. The van der Waals surface area contributed by atoms with Crippen molar-refractivity contribution in [1.29, 1.82) is 0 Å². The summed E-state index contributed by atoms with van der Waals surface area (Å²) in [5.74, 6) is -1.79. The lowest BCUT2D eigenvalue weighted by Crippen LogP contribution is -2.33. The quantitative estimate of drug-likeness (QED) is 0.455. The minimum Gasteiger partial charge on any atom is -0.376 e. The lowest BCUT2D eigenvalue weighted by molar-refractivity contribution is -0.164. The summed E-state index contributed by atoms with van der Waals surface area (Å²) >= 11 is 3.13. The lowest BCUT2D eigenvalue weighted by Gasteiger charge is -2.24. The highest BCUT2D eigenvalue weighted by Crippen LogP contribution is 2.26. The van der Waals surface area contributed by atoms with Crippen LogP contribution in [0.4, 0.5) is 0 Å². The molecule has 21 heavy (non-hydrogen) atoms. The van der Waals surface area contributed by atoms with Crippen molar-refractivity contribution in [2.24, 2.45) is 0 Å². The van der Waals surface area contributed by atoms with Gasteiger partial charge in [-0.1, -0.05) is 46.3 Å². The van der Waals surface area contributed by atoms with Crippen LogP contribution in [-0.4, -0.2) is 53.7 Å². The third-order valence-electron chi connectivity index (χ3n) is 3.17. The minimum atomic E-state index is -1.79. The molecule has 2 fully saturated rings. The normalized spacial score (nSPS) is 24.8. The zero-order chi connectivity index (χ0) is 15.3. The predicted octanol–water partition coefficient (Wildman–Crippen LogP) is 1.41. The summed E-state index contributed by atoms with van der Waals surface area (Å²) in [5, 5.41) is 19.1. The molecule has 6 heteroatoms. The van der Waals surface area contributed by atoms with E-state index in [4.69, 9.17) is 14.2 Å². The molecule has 2 aliphatic rings. The van der Waals surface area contributed by atoms with Gasteiger partial charge in [-0.3, -0.25) is 0 Å². The Labute approximate surface area is 133 Å². The highest BCUT2D eigenvalue weighted by Gasteiger charge is 2.30. The van der Waals surface area contributed by atoms with Gasteiger partial charge in [-0.05, 0) is 6.92 Å². The molecule has 3 unspecified atom stereocenters. The van der Waals surface area contributed by atoms with Crippen molar-refractivity contribution in [3.63, 3.8) is 0 Å². The summed E-state index contributed by atoms with van der Waals surface area (Å²) in [6.45, 7) is 4.95. The van der Waals surface area contributed by atoms with Gasteiger partial charge in [-0.25, -0.2) is 0 Å². The first-order valence-corrected chi connectivity index (χ1v) is 7.87. The van der Waals surface area contributed by atoms with Gasteiger partial charge in [0.15, 0.2) is 0 Å². The third kappa shape index (κ3) is 6.02. The van der Waals surface area contributed by atoms with Gasteiger partial charge in [0.1, 0.15) is 12.2 Å². The fourth-order valence-corrected chi connectivity index (χ4v) is 1.84. The molecule has 1 aromatic carbocycles. The Morgan fingerprint density at radius 1 is 1.19 bits per heavy atom. The molecule has 0 bridgehead atoms. The monoisotopic (exact) mass is 360 g/mol. The van der Waals surface area contributed by atoms with E-state index in [1.54, 1.807) is 31.2 Å². The van der Waals surface area contributed by atoms with E-state index in [2.05, 4.69) is 15.9 Å². The van der Waals surface area contributed by atoms with Crippen molar-refractivity contribution in [3.8, 4) is 0 Å². The minimum absolute atomic E-state index is 0.392. The zero-order valence-corrected chi connectivity index (χ0v) is 13.5. The smallest absolute Gasteiger partial charge is 0.202 e. The van der Waals surface area contributed by atoms with Gasteiger partial charge in [0.05, 0.1) is 31.3 Å². The number of alkyl halides is 1. The zero-order valence-electron chi connectivity index (χ0n) is 11.9. The third-order valence-corrected chi connectivity index (χ3v) is 3.80. The van der Waals surface area contributed by atoms with Crippen LogP contribution < -0.4 is 0 Å². The van der Waals surface area contributed by atoms with Gasteiger partial charge in [-0.2, -0.15) is 0 Å². The van der Waals surface area contributed by atoms with E-state index in [1.807, 2.05) is 6.07 Å². The van der Waals surface area contributed by atoms with Gasteiger partial charge in [0.2, 0.25) is 5.79 Å². The second-order valence-corrected chi connectivity index (χ2v) is 6.53. The SMILES string of the molecule is C(OCC1CO1)C1CO1.CC(Br)C(O)(O)c1ccccc1. The summed E-state index contributed by atoms with van der Waals surface area (Å²) in [5.41, 5.74) is 0.495. The van der Waals surface area contributed by atoms with Gasteiger partial charge in [0.25, 0.3) is 0 Å². The second kappa shape index (κ2) is 7.67. The predicted molar refractivity (Wildman–Crippen MR) is 81.2 cm³/mol. The highest BCUT2D eigenvalue weighted by atomic mass is 79.9. The van der Waals surface area contributed by atoms with Crippen LogP contribution in [0.2, 0.25) is 0 Å². The first-order valence-electron chi connectivity index (χ1n) is 6.95. The number of ether oxygens (including phenoxy) is 3. The van der Waals surface area contributed by atoms with Crippen LogP contribution >= 0.6 is 15.9 Å². The van der Waals surface area contributed by atoms with E-state index < -0.39 is 10.6 Å². The standard InChI is InChI=1S/C9H11BrO2.C6H10O3/c1-7(10)9(11,12)8-5-3-2-4-6-8;1(5-3-8-5)7-2-6-4-9-6/h2-7,11-12H,1H3;5-6H,1-4H2. The van der Waals surface area contributed by atoms with Gasteiger partial charge < -0.3 is 24.4 Å². The first-order chi connectivity index (χ1) is 10.00. The molecule has 0 radical (unpaired) electrons. The molecule has 3 rings (SSSR count). The molecule has 0 aliphatic carbocycles. The fourth-order valence-electron chi connectivity index (χ4n) is 1.57. The van der Waals surface area contributed by atoms with E-state index in [9.17, 15) is 10.2 Å². The number of halogens is 1. The summed E-state index contributed by atoms with van der Waals surface area (Å²) in [6, 6.07) is 8.73. The van der Waals surface area contributed by atoms with Crippen molar-refractivity contribution in [1.82, 2.24) is 0 Å². The van der Waals surface area contributed by atoms with Gasteiger partial charge in [-0.15, -0.1) is 0 Å². The average Bonchev–Trinajstić information content (AvgIpc) is 3.35. The van der Waals surface area contributed by atoms with Gasteiger partial charge >= 0.3 is 0 Å². The first kappa shape index (κ1) is 16.9. The van der Waals surface area contributed by atoms with E-state index in [0.29, 0.717) is 17.8 Å². The summed E-state index contributed by atoms with van der Waals surface area (Å²) in [7, 11) is 0. The Bertz CT molecular complexity index is 403. The fraction of sp³-hybridized carbons (Fsp3) is 0.600. The largest absolute Gasteiger partial charge is 0.376 e. The molecular weight excluding hydrogens is 340 g/mol. The molecule has 3 atom stereocenters. The number of epoxide rings is 2. The summed E-state index contributed by atoms with van der Waals surface area (Å²) in [4.78, 5) is -0.396. The Hall–Kier alpha value is -0.500. The second-order valence-electron chi connectivity index (χ2n) is 5.16. The molecule has 1 aromatic rings. The Kier molecular flexibility index (Phi) is 6.16. The van der Waals surface area contributed by atoms with E-state index in [0.717, 1.165) is 26.4 Å². The molecule has 2 aliphatic heterocycles. The van der Waals surface area contributed by atoms with Crippen molar-refractivity contribution >= 4 is 15.9 Å². The molecule has 2 N–H and O–H groups in total. The number of hydrogen-bond donors (Lipinski definition) is 2. The molecule has 5 nitrogen and oxygen atoms in total. The Morgan fingerprint density at radius 3 is 2.05 bits per heavy atom. The van der Waals surface area contributed by atoms with Crippen LogP contribution in [-0.2, 0) is 20.0 Å².